The summed E-state index contributed by atoms with van der Waals surface area (Å²) < 4.78 is 25.2. The Kier molecular flexibility index (Phi) is 20.8. The van der Waals surface area contributed by atoms with Crippen molar-refractivity contribution in [3.05, 3.63) is 129 Å². The van der Waals surface area contributed by atoms with E-state index in [1.54, 1.807) is 0 Å². The first-order valence-corrected chi connectivity index (χ1v) is 23.4. The highest BCUT2D eigenvalue weighted by Gasteiger charge is 2.40. The summed E-state index contributed by atoms with van der Waals surface area (Å²) in [4.78, 5) is 47.9. The summed E-state index contributed by atoms with van der Waals surface area (Å²) in [7, 11) is 0. The lowest BCUT2D eigenvalue weighted by Gasteiger charge is -2.34. The number of hydrogen-bond acceptors (Lipinski definition) is 10. The molecule has 0 saturated carbocycles. The van der Waals surface area contributed by atoms with Gasteiger partial charge in [-0.05, 0) is 72.2 Å². The van der Waals surface area contributed by atoms with Crippen molar-refractivity contribution in [1.82, 2.24) is 10.6 Å². The maximum Gasteiger partial charge on any atom is 0.513 e. The minimum Gasteiger partial charge on any atom is -0.511 e. The molecule has 0 bridgehead atoms. The normalized spacial score (nSPS) is 15.0. The van der Waals surface area contributed by atoms with Gasteiger partial charge < -0.3 is 39.4 Å². The number of rotatable bonds is 15. The fourth-order valence-electron chi connectivity index (χ4n) is 7.28. The van der Waals surface area contributed by atoms with Gasteiger partial charge in [-0.1, -0.05) is 138 Å². The molecule has 0 saturated heterocycles. The average Bonchev–Trinajstić information content (AvgIpc) is 3.31. The van der Waals surface area contributed by atoms with Crippen LogP contribution in [0.4, 0.5) is 9.59 Å². The highest BCUT2D eigenvalue weighted by molar-refractivity contribution is 6.61. The Morgan fingerprint density at radius 2 is 1.04 bits per heavy atom. The Bertz CT molecular complexity index is 2420. The van der Waals surface area contributed by atoms with Crippen LogP contribution < -0.4 is 10.6 Å². The van der Waals surface area contributed by atoms with Gasteiger partial charge >= 0.3 is 11.6 Å². The standard InChI is InChI=1S/C26H30ClNO5.C21H22ClNO2.C5H9ClO3/c1-5-17-14-19(18-10-8-7-9-11-18)15-20(27)21(17)22-23(26(3,4)16-28-24(22)29)33-25(30)32-13-12-31-6-2;1-4-13-10-15(14-8-6-5-7-9-14)11-16(22)17(13)18-19(24)21(2,3)12-23-20(18)25;1-2-8-3-4-9-5(6)7/h7-11,14-15H,5-6,12-13,16H2,1-4H3,(H,28,29);5-11,24H,4,12H2,1-3H3,(H,23,25);2-4H2,1H3. The van der Waals surface area contributed by atoms with E-state index in [1.165, 1.54) is 0 Å². The van der Waals surface area contributed by atoms with E-state index < -0.39 is 22.4 Å². The van der Waals surface area contributed by atoms with Crippen LogP contribution in [0.25, 0.3) is 33.4 Å². The van der Waals surface area contributed by atoms with Gasteiger partial charge in [0.25, 0.3) is 11.8 Å². The molecule has 2 heterocycles. The zero-order valence-corrected chi connectivity index (χ0v) is 41.7. The van der Waals surface area contributed by atoms with E-state index in [9.17, 15) is 24.3 Å². The molecule has 12 nitrogen and oxygen atoms in total. The molecule has 0 unspecified atom stereocenters. The van der Waals surface area contributed by atoms with Crippen molar-refractivity contribution in [3.8, 4) is 22.3 Å². The fraction of sp³-hybridized carbons (Fsp3) is 0.385. The third kappa shape index (κ3) is 14.8. The number of aliphatic hydroxyl groups excluding tert-OH is 1. The quantitative estimate of drug-likeness (QED) is 0.0595. The molecule has 2 aliphatic heterocycles. The van der Waals surface area contributed by atoms with Crippen LogP contribution in [0.2, 0.25) is 10.0 Å². The van der Waals surface area contributed by atoms with Gasteiger partial charge in [-0.25, -0.2) is 9.59 Å². The molecule has 0 fully saturated rings. The number of hydrogen-bond donors (Lipinski definition) is 3. The molecule has 6 rings (SSSR count). The number of aryl methyl sites for hydroxylation is 2. The maximum atomic E-state index is 13.1. The van der Waals surface area contributed by atoms with Crippen molar-refractivity contribution in [1.29, 1.82) is 0 Å². The molecular formula is C52H61Cl3N2O10. The van der Waals surface area contributed by atoms with Crippen molar-refractivity contribution in [2.24, 2.45) is 10.8 Å². The Balaban J connectivity index is 0.000000253. The predicted molar refractivity (Wildman–Crippen MR) is 265 cm³/mol. The monoisotopic (exact) mass is 978 g/mol. The lowest BCUT2D eigenvalue weighted by atomic mass is 9.81. The first-order chi connectivity index (χ1) is 31.9. The Labute approximate surface area is 408 Å². The van der Waals surface area contributed by atoms with Crippen LogP contribution >= 0.6 is 34.8 Å². The van der Waals surface area contributed by atoms with E-state index in [-0.39, 0.29) is 54.3 Å². The van der Waals surface area contributed by atoms with Gasteiger partial charge in [-0.15, -0.1) is 0 Å². The zero-order valence-electron chi connectivity index (χ0n) is 39.4. The van der Waals surface area contributed by atoms with Gasteiger partial charge in [0.1, 0.15) is 24.7 Å². The van der Waals surface area contributed by atoms with E-state index in [2.05, 4.69) is 15.4 Å². The molecule has 3 N–H and O–H groups in total. The average molecular weight is 980 g/mol. The number of amides is 2. The van der Waals surface area contributed by atoms with E-state index >= 15 is 0 Å². The van der Waals surface area contributed by atoms with Crippen molar-refractivity contribution in [2.45, 2.75) is 68.2 Å². The SMILES string of the molecule is CCOCCOC(=O)Cl.CCOCCOC(=O)OC1=C(c2c(Cl)cc(-c3ccccc3)cc2CC)C(=O)NCC1(C)C.CCc1cc(-c2ccccc2)cc(Cl)c1C1=C(O)C(C)(C)CNC1=O. The Hall–Kier alpha value is -5.37. The summed E-state index contributed by atoms with van der Waals surface area (Å²) in [5, 5.41) is 17.4. The molecule has 0 atom stereocenters. The molecule has 67 heavy (non-hydrogen) atoms. The summed E-state index contributed by atoms with van der Waals surface area (Å²) in [6, 6.07) is 27.7. The topological polar surface area (TPSA) is 159 Å². The van der Waals surface area contributed by atoms with Crippen molar-refractivity contribution in [2.75, 3.05) is 52.7 Å². The van der Waals surface area contributed by atoms with Gasteiger partial charge in [0, 0.05) is 69.9 Å². The molecule has 4 aromatic carbocycles. The molecule has 4 aromatic rings. The molecule has 360 valence electrons. The van der Waals surface area contributed by atoms with Crippen LogP contribution in [0.5, 0.6) is 0 Å². The molecule has 2 aliphatic rings. The Morgan fingerprint density at radius 1 is 0.612 bits per heavy atom. The number of ether oxygens (including phenoxy) is 5. The molecule has 2 amide bonds. The number of benzene rings is 4. The highest BCUT2D eigenvalue weighted by Crippen LogP contribution is 2.43. The lowest BCUT2D eigenvalue weighted by Crippen LogP contribution is -2.43. The van der Waals surface area contributed by atoms with Crippen molar-refractivity contribution < 1.29 is 48.0 Å². The van der Waals surface area contributed by atoms with Gasteiger partial charge in [-0.3, -0.25) is 9.59 Å². The number of halogens is 3. The molecular weight excluding hydrogens is 919 g/mol. The number of nitrogens with one attached hydrogen (secondary N) is 2. The minimum atomic E-state index is -0.875. The maximum absolute atomic E-state index is 13.1. The van der Waals surface area contributed by atoms with Crippen LogP contribution in [0.3, 0.4) is 0 Å². The van der Waals surface area contributed by atoms with Crippen LogP contribution in [-0.2, 0) is 46.1 Å². The first-order valence-electron chi connectivity index (χ1n) is 22.2. The van der Waals surface area contributed by atoms with Crippen LogP contribution in [0, 0.1) is 10.8 Å². The highest BCUT2D eigenvalue weighted by atomic mass is 35.5. The van der Waals surface area contributed by atoms with Crippen LogP contribution in [0.15, 0.2) is 96.4 Å². The van der Waals surface area contributed by atoms with E-state index in [0.29, 0.717) is 66.9 Å². The van der Waals surface area contributed by atoms with Crippen molar-refractivity contribution >= 4 is 69.3 Å². The smallest absolute Gasteiger partial charge is 0.511 e. The summed E-state index contributed by atoms with van der Waals surface area (Å²) in [5.74, 6) is -0.270. The fourth-order valence-corrected chi connectivity index (χ4v) is 8.03. The number of carbonyl (C=O) groups excluding carboxylic acids is 4. The Morgan fingerprint density at radius 3 is 1.49 bits per heavy atom. The molecule has 0 aliphatic carbocycles. The predicted octanol–water partition coefficient (Wildman–Crippen LogP) is 12.0. The third-order valence-electron chi connectivity index (χ3n) is 10.9. The summed E-state index contributed by atoms with van der Waals surface area (Å²) >= 11 is 18.2. The second-order valence-corrected chi connectivity index (χ2v) is 17.8. The lowest BCUT2D eigenvalue weighted by molar-refractivity contribution is -0.117. The van der Waals surface area contributed by atoms with Gasteiger partial charge in [0.2, 0.25) is 0 Å². The van der Waals surface area contributed by atoms with Gasteiger partial charge in [-0.2, -0.15) is 0 Å². The van der Waals surface area contributed by atoms with Gasteiger partial charge in [0.05, 0.1) is 24.4 Å². The van der Waals surface area contributed by atoms with Crippen LogP contribution in [-0.4, -0.2) is 81.2 Å². The molecule has 15 heteroatoms. The molecule has 0 aromatic heterocycles. The third-order valence-corrected chi connectivity index (χ3v) is 11.6. The summed E-state index contributed by atoms with van der Waals surface area (Å²) in [5.41, 5.74) is 5.68. The number of carbonyl (C=O) groups is 4. The minimum absolute atomic E-state index is 0.0641. The first kappa shape index (κ1) is 54.2. The second kappa shape index (κ2) is 25.7. The van der Waals surface area contributed by atoms with Crippen LogP contribution in [0.1, 0.15) is 77.6 Å². The van der Waals surface area contributed by atoms with E-state index in [1.807, 2.05) is 140 Å². The second-order valence-electron chi connectivity index (χ2n) is 16.7. The van der Waals surface area contributed by atoms with E-state index in [0.717, 1.165) is 33.4 Å². The molecule has 0 radical (unpaired) electrons. The number of aliphatic hydroxyl groups is 1. The van der Waals surface area contributed by atoms with Crippen molar-refractivity contribution in [3.63, 3.8) is 0 Å². The summed E-state index contributed by atoms with van der Waals surface area (Å²) in [6.07, 6.45) is 0.472. The summed E-state index contributed by atoms with van der Waals surface area (Å²) in [6.45, 7) is 18.2. The van der Waals surface area contributed by atoms with E-state index in [4.69, 9.17) is 53.8 Å². The molecule has 0 spiro atoms. The zero-order chi connectivity index (χ0) is 49.3. The largest absolute Gasteiger partial charge is 0.513 e. The van der Waals surface area contributed by atoms with Gasteiger partial charge in [0.15, 0.2) is 0 Å².